The Kier molecular flexibility index (Phi) is 4.39. The van der Waals surface area contributed by atoms with Crippen LogP contribution in [-0.4, -0.2) is 29.6 Å². The fraction of sp³-hybridized carbons (Fsp3) is 1.00. The first-order chi connectivity index (χ1) is 6.53. The second kappa shape index (κ2) is 5.13. The molecule has 84 valence electrons. The van der Waals surface area contributed by atoms with Gasteiger partial charge in [0.2, 0.25) is 0 Å². The standard InChI is InChI=1S/C12H26N2/c1-4-14(10-12(2,3)13)11-8-6-5-7-9-11/h11H,4-10,13H2,1-3H3. The van der Waals surface area contributed by atoms with Gasteiger partial charge in [-0.25, -0.2) is 0 Å². The van der Waals surface area contributed by atoms with E-state index in [1.165, 1.54) is 32.1 Å². The first kappa shape index (κ1) is 12.0. The van der Waals surface area contributed by atoms with Crippen LogP contribution >= 0.6 is 0 Å². The van der Waals surface area contributed by atoms with Gasteiger partial charge < -0.3 is 5.73 Å². The van der Waals surface area contributed by atoms with E-state index >= 15 is 0 Å². The molecule has 0 amide bonds. The number of hydrogen-bond donors (Lipinski definition) is 1. The number of likely N-dealkylation sites (N-methyl/N-ethyl adjacent to an activating group) is 1. The highest BCUT2D eigenvalue weighted by Gasteiger charge is 2.23. The molecule has 2 heteroatoms. The molecule has 0 aromatic carbocycles. The van der Waals surface area contributed by atoms with Crippen LogP contribution in [0.3, 0.4) is 0 Å². The zero-order valence-corrected chi connectivity index (χ0v) is 10.1. The Morgan fingerprint density at radius 3 is 2.21 bits per heavy atom. The number of hydrogen-bond acceptors (Lipinski definition) is 2. The summed E-state index contributed by atoms with van der Waals surface area (Å²) in [6, 6.07) is 0.802. The largest absolute Gasteiger partial charge is 0.324 e. The van der Waals surface area contributed by atoms with Gasteiger partial charge in [-0.3, -0.25) is 4.90 Å². The van der Waals surface area contributed by atoms with Crippen molar-refractivity contribution in [3.63, 3.8) is 0 Å². The quantitative estimate of drug-likeness (QED) is 0.751. The highest BCUT2D eigenvalue weighted by atomic mass is 15.2. The van der Waals surface area contributed by atoms with E-state index in [1.807, 2.05) is 0 Å². The summed E-state index contributed by atoms with van der Waals surface area (Å²) in [5, 5.41) is 0. The van der Waals surface area contributed by atoms with Crippen molar-refractivity contribution in [3.05, 3.63) is 0 Å². The summed E-state index contributed by atoms with van der Waals surface area (Å²) in [5.74, 6) is 0. The molecule has 0 unspecified atom stereocenters. The Bertz CT molecular complexity index is 154. The maximum Gasteiger partial charge on any atom is 0.0226 e. The lowest BCUT2D eigenvalue weighted by molar-refractivity contribution is 0.138. The summed E-state index contributed by atoms with van der Waals surface area (Å²) in [5.41, 5.74) is 6.03. The van der Waals surface area contributed by atoms with E-state index < -0.39 is 0 Å². The molecule has 2 nitrogen and oxygen atoms in total. The lowest BCUT2D eigenvalue weighted by Crippen LogP contribution is -2.49. The van der Waals surface area contributed by atoms with Gasteiger partial charge in [-0.1, -0.05) is 26.2 Å². The van der Waals surface area contributed by atoms with Gasteiger partial charge in [0.25, 0.3) is 0 Å². The molecule has 1 fully saturated rings. The first-order valence-electron chi connectivity index (χ1n) is 6.06. The van der Waals surface area contributed by atoms with Crippen molar-refractivity contribution in [1.29, 1.82) is 0 Å². The fourth-order valence-electron chi connectivity index (χ4n) is 2.47. The van der Waals surface area contributed by atoms with Crippen LogP contribution < -0.4 is 5.73 Å². The predicted octanol–water partition coefficient (Wildman–Crippen LogP) is 2.38. The van der Waals surface area contributed by atoms with E-state index in [-0.39, 0.29) is 5.54 Å². The molecule has 1 saturated carbocycles. The zero-order chi connectivity index (χ0) is 10.6. The lowest BCUT2D eigenvalue weighted by atomic mass is 9.93. The van der Waals surface area contributed by atoms with E-state index in [1.54, 1.807) is 0 Å². The van der Waals surface area contributed by atoms with E-state index in [0.29, 0.717) is 0 Å². The Morgan fingerprint density at radius 1 is 1.21 bits per heavy atom. The maximum atomic E-state index is 6.08. The molecular formula is C12H26N2. The first-order valence-corrected chi connectivity index (χ1v) is 6.06. The van der Waals surface area contributed by atoms with Crippen LogP contribution in [0.4, 0.5) is 0 Å². The van der Waals surface area contributed by atoms with E-state index in [2.05, 4.69) is 25.7 Å². The summed E-state index contributed by atoms with van der Waals surface area (Å²) < 4.78 is 0. The van der Waals surface area contributed by atoms with Crippen molar-refractivity contribution in [3.8, 4) is 0 Å². The monoisotopic (exact) mass is 198 g/mol. The van der Waals surface area contributed by atoms with Crippen molar-refractivity contribution in [2.24, 2.45) is 5.73 Å². The molecule has 2 N–H and O–H groups in total. The minimum atomic E-state index is -0.0482. The molecule has 0 aromatic rings. The van der Waals surface area contributed by atoms with Crippen LogP contribution in [0.1, 0.15) is 52.9 Å². The van der Waals surface area contributed by atoms with Crippen molar-refractivity contribution in [2.75, 3.05) is 13.1 Å². The second-order valence-corrected chi connectivity index (χ2v) is 5.34. The van der Waals surface area contributed by atoms with Crippen LogP contribution in [0.15, 0.2) is 0 Å². The number of nitrogens with two attached hydrogens (primary N) is 1. The molecular weight excluding hydrogens is 172 g/mol. The molecule has 0 spiro atoms. The summed E-state index contributed by atoms with van der Waals surface area (Å²) in [4.78, 5) is 2.57. The molecule has 1 aliphatic rings. The molecule has 0 aliphatic heterocycles. The van der Waals surface area contributed by atoms with Gasteiger partial charge in [-0.05, 0) is 33.2 Å². The smallest absolute Gasteiger partial charge is 0.0226 e. The molecule has 0 heterocycles. The normalized spacial score (nSPS) is 20.4. The zero-order valence-electron chi connectivity index (χ0n) is 10.1. The van der Waals surface area contributed by atoms with Gasteiger partial charge in [0.05, 0.1) is 0 Å². The molecule has 14 heavy (non-hydrogen) atoms. The van der Waals surface area contributed by atoms with Crippen LogP contribution in [0.2, 0.25) is 0 Å². The SMILES string of the molecule is CCN(CC(C)(C)N)C1CCCCC1. The Balaban J connectivity index is 2.43. The fourth-order valence-corrected chi connectivity index (χ4v) is 2.47. The minimum Gasteiger partial charge on any atom is -0.324 e. The Labute approximate surface area is 88.8 Å². The highest BCUT2D eigenvalue weighted by Crippen LogP contribution is 2.23. The molecule has 0 saturated heterocycles. The van der Waals surface area contributed by atoms with Gasteiger partial charge in [0.1, 0.15) is 0 Å². The maximum absolute atomic E-state index is 6.08. The van der Waals surface area contributed by atoms with Crippen LogP contribution in [0.5, 0.6) is 0 Å². The van der Waals surface area contributed by atoms with Crippen LogP contribution in [-0.2, 0) is 0 Å². The van der Waals surface area contributed by atoms with Crippen molar-refractivity contribution < 1.29 is 0 Å². The molecule has 0 bridgehead atoms. The summed E-state index contributed by atoms with van der Waals surface area (Å²) >= 11 is 0. The Morgan fingerprint density at radius 2 is 1.79 bits per heavy atom. The molecule has 0 atom stereocenters. The van der Waals surface area contributed by atoms with Crippen LogP contribution in [0.25, 0.3) is 0 Å². The topological polar surface area (TPSA) is 29.3 Å². The molecule has 0 aromatic heterocycles. The Hall–Kier alpha value is -0.0800. The lowest BCUT2D eigenvalue weighted by Gasteiger charge is -2.37. The van der Waals surface area contributed by atoms with Crippen molar-refractivity contribution in [1.82, 2.24) is 4.90 Å². The number of rotatable bonds is 4. The van der Waals surface area contributed by atoms with Gasteiger partial charge >= 0.3 is 0 Å². The van der Waals surface area contributed by atoms with Gasteiger partial charge in [-0.2, -0.15) is 0 Å². The molecule has 1 aliphatic carbocycles. The number of nitrogens with zero attached hydrogens (tertiary/aromatic N) is 1. The summed E-state index contributed by atoms with van der Waals surface area (Å²) in [6.45, 7) is 8.68. The average Bonchev–Trinajstić information content (AvgIpc) is 2.14. The third kappa shape index (κ3) is 3.97. The van der Waals surface area contributed by atoms with E-state index in [0.717, 1.165) is 19.1 Å². The third-order valence-corrected chi connectivity index (χ3v) is 3.11. The second-order valence-electron chi connectivity index (χ2n) is 5.34. The average molecular weight is 198 g/mol. The van der Waals surface area contributed by atoms with E-state index in [4.69, 9.17) is 5.73 Å². The molecule has 0 radical (unpaired) electrons. The predicted molar refractivity (Wildman–Crippen MR) is 62.4 cm³/mol. The van der Waals surface area contributed by atoms with Crippen LogP contribution in [0, 0.1) is 0 Å². The van der Waals surface area contributed by atoms with Crippen molar-refractivity contribution >= 4 is 0 Å². The van der Waals surface area contributed by atoms with E-state index in [9.17, 15) is 0 Å². The van der Waals surface area contributed by atoms with Gasteiger partial charge in [0, 0.05) is 18.1 Å². The highest BCUT2D eigenvalue weighted by molar-refractivity contribution is 4.82. The van der Waals surface area contributed by atoms with Gasteiger partial charge in [-0.15, -0.1) is 0 Å². The van der Waals surface area contributed by atoms with Gasteiger partial charge in [0.15, 0.2) is 0 Å². The summed E-state index contributed by atoms with van der Waals surface area (Å²) in [6.07, 6.45) is 7.01. The third-order valence-electron chi connectivity index (χ3n) is 3.11. The molecule has 1 rings (SSSR count). The van der Waals surface area contributed by atoms with Crippen molar-refractivity contribution in [2.45, 2.75) is 64.5 Å². The summed E-state index contributed by atoms with van der Waals surface area (Å²) in [7, 11) is 0. The minimum absolute atomic E-state index is 0.0482.